The molecular formula is C18H24N4O3S. The Bertz CT molecular complexity index is 756. The van der Waals surface area contributed by atoms with E-state index in [2.05, 4.69) is 45.6 Å². The van der Waals surface area contributed by atoms with Crippen molar-refractivity contribution in [3.05, 3.63) is 35.7 Å². The summed E-state index contributed by atoms with van der Waals surface area (Å²) in [5.74, 6) is 0.907. The van der Waals surface area contributed by atoms with Crippen molar-refractivity contribution in [3.63, 3.8) is 0 Å². The fourth-order valence-electron chi connectivity index (χ4n) is 2.40. The van der Waals surface area contributed by atoms with E-state index >= 15 is 0 Å². The number of ether oxygens (including phenoxy) is 1. The molecule has 1 amide bonds. The second kappa shape index (κ2) is 9.38. The van der Waals surface area contributed by atoms with E-state index in [1.54, 1.807) is 24.3 Å². The molecular weight excluding hydrogens is 352 g/mol. The molecule has 0 aliphatic heterocycles. The standard InChI is InChI=1S/C18H24N4O3S/c1-5-10-22-16(12(2)3)20-21-18(22)26-11-15(23)19-14-8-6-13(7-9-14)17(24)25-4/h6-9,12H,5,10-11H2,1-4H3,(H,19,23). The highest BCUT2D eigenvalue weighted by atomic mass is 32.2. The average molecular weight is 376 g/mol. The minimum absolute atomic E-state index is 0.141. The van der Waals surface area contributed by atoms with Gasteiger partial charge in [0.15, 0.2) is 5.16 Å². The number of amides is 1. The molecule has 0 unspecified atom stereocenters. The predicted molar refractivity (Wildman–Crippen MR) is 102 cm³/mol. The number of rotatable bonds is 8. The van der Waals surface area contributed by atoms with E-state index in [0.717, 1.165) is 23.9 Å². The Morgan fingerprint density at radius 2 is 1.92 bits per heavy atom. The summed E-state index contributed by atoms with van der Waals surface area (Å²) in [6.07, 6.45) is 0.976. The quantitative estimate of drug-likeness (QED) is 0.562. The third-order valence-corrected chi connectivity index (χ3v) is 4.60. The van der Waals surface area contributed by atoms with Crippen molar-refractivity contribution in [3.8, 4) is 0 Å². The zero-order chi connectivity index (χ0) is 19.1. The molecule has 0 saturated carbocycles. The number of anilines is 1. The van der Waals surface area contributed by atoms with E-state index in [1.807, 2.05) is 0 Å². The van der Waals surface area contributed by atoms with Crippen LogP contribution in [0.4, 0.5) is 5.69 Å². The first-order valence-corrected chi connectivity index (χ1v) is 9.49. The largest absolute Gasteiger partial charge is 0.465 e. The molecule has 0 spiro atoms. The maximum atomic E-state index is 12.2. The molecule has 140 valence electrons. The van der Waals surface area contributed by atoms with E-state index < -0.39 is 5.97 Å². The van der Waals surface area contributed by atoms with E-state index in [4.69, 9.17) is 0 Å². The van der Waals surface area contributed by atoms with Crippen LogP contribution in [0.1, 0.15) is 49.3 Å². The Morgan fingerprint density at radius 3 is 2.50 bits per heavy atom. The molecule has 0 bridgehead atoms. The van der Waals surface area contributed by atoms with Gasteiger partial charge in [0.2, 0.25) is 5.91 Å². The first-order chi connectivity index (χ1) is 12.5. The van der Waals surface area contributed by atoms with Crippen LogP contribution in [-0.4, -0.2) is 39.5 Å². The number of hydrogen-bond donors (Lipinski definition) is 1. The number of esters is 1. The van der Waals surface area contributed by atoms with Crippen molar-refractivity contribution in [2.45, 2.75) is 44.8 Å². The van der Waals surface area contributed by atoms with Crippen molar-refractivity contribution < 1.29 is 14.3 Å². The van der Waals surface area contributed by atoms with Crippen molar-refractivity contribution in [2.24, 2.45) is 0 Å². The maximum Gasteiger partial charge on any atom is 0.337 e. The smallest absolute Gasteiger partial charge is 0.337 e. The molecule has 1 aromatic heterocycles. The van der Waals surface area contributed by atoms with Crippen LogP contribution in [0.5, 0.6) is 0 Å². The average Bonchev–Trinajstić information content (AvgIpc) is 3.03. The van der Waals surface area contributed by atoms with Gasteiger partial charge in [-0.2, -0.15) is 0 Å². The fourth-order valence-corrected chi connectivity index (χ4v) is 3.17. The molecule has 0 radical (unpaired) electrons. The SMILES string of the molecule is CCCn1c(SCC(=O)Nc2ccc(C(=O)OC)cc2)nnc1C(C)C. The molecule has 8 heteroatoms. The summed E-state index contributed by atoms with van der Waals surface area (Å²) in [5, 5.41) is 12.0. The Labute approximate surface area is 157 Å². The third-order valence-electron chi connectivity index (χ3n) is 3.63. The lowest BCUT2D eigenvalue weighted by Crippen LogP contribution is -2.15. The molecule has 26 heavy (non-hydrogen) atoms. The second-order valence-corrected chi connectivity index (χ2v) is 7.00. The molecule has 2 rings (SSSR count). The lowest BCUT2D eigenvalue weighted by molar-refractivity contribution is -0.113. The van der Waals surface area contributed by atoms with Crippen LogP contribution in [0, 0.1) is 0 Å². The molecule has 1 N–H and O–H groups in total. The van der Waals surface area contributed by atoms with Crippen LogP contribution in [0.15, 0.2) is 29.4 Å². The molecule has 2 aromatic rings. The Morgan fingerprint density at radius 1 is 1.23 bits per heavy atom. The van der Waals surface area contributed by atoms with E-state index in [-0.39, 0.29) is 17.6 Å². The van der Waals surface area contributed by atoms with Gasteiger partial charge in [-0.3, -0.25) is 4.79 Å². The van der Waals surface area contributed by atoms with E-state index in [1.165, 1.54) is 18.9 Å². The van der Waals surface area contributed by atoms with Crippen molar-refractivity contribution >= 4 is 29.3 Å². The van der Waals surface area contributed by atoms with Gasteiger partial charge in [-0.1, -0.05) is 32.5 Å². The van der Waals surface area contributed by atoms with Gasteiger partial charge >= 0.3 is 5.97 Å². The number of carbonyl (C=O) groups is 2. The number of carbonyl (C=O) groups excluding carboxylic acids is 2. The summed E-state index contributed by atoms with van der Waals surface area (Å²) in [6, 6.07) is 6.57. The monoisotopic (exact) mass is 376 g/mol. The molecule has 0 aliphatic carbocycles. The molecule has 1 heterocycles. The molecule has 0 atom stereocenters. The lowest BCUT2D eigenvalue weighted by atomic mass is 10.2. The zero-order valence-electron chi connectivity index (χ0n) is 15.5. The highest BCUT2D eigenvalue weighted by Crippen LogP contribution is 2.22. The summed E-state index contributed by atoms with van der Waals surface area (Å²) in [4.78, 5) is 23.6. The topological polar surface area (TPSA) is 86.1 Å². The summed E-state index contributed by atoms with van der Waals surface area (Å²) >= 11 is 1.37. The molecule has 1 aromatic carbocycles. The third kappa shape index (κ3) is 5.08. The van der Waals surface area contributed by atoms with Gasteiger partial charge < -0.3 is 14.6 Å². The maximum absolute atomic E-state index is 12.2. The van der Waals surface area contributed by atoms with Gasteiger partial charge in [-0.25, -0.2) is 4.79 Å². The number of nitrogens with one attached hydrogen (secondary N) is 1. The first kappa shape index (κ1) is 20.0. The number of nitrogens with zero attached hydrogens (tertiary/aromatic N) is 3. The van der Waals surface area contributed by atoms with Gasteiger partial charge in [-0.05, 0) is 30.7 Å². The molecule has 0 saturated heterocycles. The highest BCUT2D eigenvalue weighted by Gasteiger charge is 2.16. The summed E-state index contributed by atoms with van der Waals surface area (Å²) in [6.45, 7) is 7.09. The van der Waals surface area contributed by atoms with Crippen LogP contribution >= 0.6 is 11.8 Å². The van der Waals surface area contributed by atoms with Crippen molar-refractivity contribution in [2.75, 3.05) is 18.2 Å². The zero-order valence-corrected chi connectivity index (χ0v) is 16.3. The number of methoxy groups -OCH3 is 1. The van der Waals surface area contributed by atoms with Gasteiger partial charge in [0.05, 0.1) is 18.4 Å². The van der Waals surface area contributed by atoms with Crippen LogP contribution < -0.4 is 5.32 Å². The number of hydrogen-bond acceptors (Lipinski definition) is 6. The van der Waals surface area contributed by atoms with Gasteiger partial charge in [-0.15, -0.1) is 10.2 Å². The minimum atomic E-state index is -0.408. The molecule has 0 fully saturated rings. The van der Waals surface area contributed by atoms with Crippen LogP contribution in [0.25, 0.3) is 0 Å². The number of benzene rings is 1. The Kier molecular flexibility index (Phi) is 7.20. The van der Waals surface area contributed by atoms with Crippen LogP contribution in [0.2, 0.25) is 0 Å². The predicted octanol–water partition coefficient (Wildman–Crippen LogP) is 3.33. The fraction of sp³-hybridized carbons (Fsp3) is 0.444. The van der Waals surface area contributed by atoms with Gasteiger partial charge in [0, 0.05) is 18.2 Å². The summed E-state index contributed by atoms with van der Waals surface area (Å²) < 4.78 is 6.73. The van der Waals surface area contributed by atoms with Gasteiger partial charge in [0.1, 0.15) is 5.82 Å². The first-order valence-electron chi connectivity index (χ1n) is 8.50. The van der Waals surface area contributed by atoms with E-state index in [9.17, 15) is 9.59 Å². The normalized spacial score (nSPS) is 10.8. The highest BCUT2D eigenvalue weighted by molar-refractivity contribution is 7.99. The van der Waals surface area contributed by atoms with Gasteiger partial charge in [0.25, 0.3) is 0 Å². The summed E-state index contributed by atoms with van der Waals surface area (Å²) in [7, 11) is 1.33. The van der Waals surface area contributed by atoms with Crippen molar-refractivity contribution in [1.29, 1.82) is 0 Å². The minimum Gasteiger partial charge on any atom is -0.465 e. The van der Waals surface area contributed by atoms with Crippen LogP contribution in [-0.2, 0) is 16.1 Å². The molecule has 0 aliphatic rings. The summed E-state index contributed by atoms with van der Waals surface area (Å²) in [5.41, 5.74) is 1.06. The molecule has 7 nitrogen and oxygen atoms in total. The number of thioether (sulfide) groups is 1. The Hall–Kier alpha value is -2.35. The number of aromatic nitrogens is 3. The Balaban J connectivity index is 1.95. The van der Waals surface area contributed by atoms with E-state index in [0.29, 0.717) is 11.3 Å². The lowest BCUT2D eigenvalue weighted by Gasteiger charge is -2.10. The van der Waals surface area contributed by atoms with Crippen LogP contribution in [0.3, 0.4) is 0 Å². The van der Waals surface area contributed by atoms with Crippen molar-refractivity contribution in [1.82, 2.24) is 14.8 Å². The second-order valence-electron chi connectivity index (χ2n) is 6.05.